The molecule has 0 amide bonds. The number of benzene rings is 1. The molecule has 0 bridgehead atoms. The van der Waals surface area contributed by atoms with Crippen LogP contribution in [0.1, 0.15) is 19.4 Å². The summed E-state index contributed by atoms with van der Waals surface area (Å²) >= 11 is 0. The molecule has 106 valence electrons. The topological polar surface area (TPSA) is 15.7 Å². The van der Waals surface area contributed by atoms with E-state index in [1.807, 2.05) is 0 Å². The van der Waals surface area contributed by atoms with Crippen LogP contribution in [0, 0.1) is 6.92 Å². The zero-order chi connectivity index (χ0) is 13.7. The van der Waals surface area contributed by atoms with Gasteiger partial charge in [-0.25, -0.2) is 0 Å². The number of anilines is 1. The van der Waals surface area contributed by atoms with Crippen molar-refractivity contribution >= 4 is 5.69 Å². The molecule has 0 atom stereocenters. The highest BCUT2D eigenvalue weighted by Gasteiger charge is 2.16. The van der Waals surface area contributed by atoms with Crippen LogP contribution in [0.3, 0.4) is 0 Å². The third-order valence-electron chi connectivity index (χ3n) is 3.60. The number of nitrogens with zero attached hydrogens (tertiary/aromatic N) is 2. The van der Waals surface area contributed by atoms with E-state index in [9.17, 15) is 0 Å². The van der Waals surface area contributed by atoms with E-state index < -0.39 is 0 Å². The first-order chi connectivity index (χ1) is 9.15. The lowest BCUT2D eigenvalue weighted by molar-refractivity contribution is 0.0579. The molecule has 1 fully saturated rings. The first-order valence-corrected chi connectivity index (χ1v) is 7.31. The average molecular weight is 262 g/mol. The predicted molar refractivity (Wildman–Crippen MR) is 80.9 cm³/mol. The standard InChI is InChI=1S/C16H26N2O/c1-14(2)19-12-11-17-7-9-18(10-8-17)16-6-4-5-15(3)13-16/h4-6,13-14H,7-12H2,1-3H3. The van der Waals surface area contributed by atoms with Gasteiger partial charge in [-0.1, -0.05) is 12.1 Å². The van der Waals surface area contributed by atoms with E-state index in [2.05, 4.69) is 54.8 Å². The minimum absolute atomic E-state index is 0.341. The van der Waals surface area contributed by atoms with Crippen LogP contribution in [0.4, 0.5) is 5.69 Å². The molecule has 2 rings (SSSR count). The molecule has 1 aliphatic rings. The van der Waals surface area contributed by atoms with Crippen molar-refractivity contribution in [1.29, 1.82) is 0 Å². The summed E-state index contributed by atoms with van der Waals surface area (Å²) in [6, 6.07) is 8.79. The molecule has 1 aliphatic heterocycles. The van der Waals surface area contributed by atoms with Gasteiger partial charge < -0.3 is 9.64 Å². The maximum absolute atomic E-state index is 5.62. The minimum Gasteiger partial charge on any atom is -0.377 e. The van der Waals surface area contributed by atoms with Gasteiger partial charge in [0.2, 0.25) is 0 Å². The maximum Gasteiger partial charge on any atom is 0.0596 e. The summed E-state index contributed by atoms with van der Waals surface area (Å²) in [5, 5.41) is 0. The smallest absolute Gasteiger partial charge is 0.0596 e. The Hall–Kier alpha value is -1.06. The second-order valence-electron chi connectivity index (χ2n) is 5.59. The van der Waals surface area contributed by atoms with Crippen LogP contribution >= 0.6 is 0 Å². The van der Waals surface area contributed by atoms with Crippen LogP contribution in [0.2, 0.25) is 0 Å². The van der Waals surface area contributed by atoms with E-state index in [4.69, 9.17) is 4.74 Å². The Balaban J connectivity index is 1.76. The van der Waals surface area contributed by atoms with Gasteiger partial charge >= 0.3 is 0 Å². The molecule has 0 saturated carbocycles. The second kappa shape index (κ2) is 6.92. The Morgan fingerprint density at radius 3 is 2.53 bits per heavy atom. The summed E-state index contributed by atoms with van der Waals surface area (Å²) in [6.07, 6.45) is 0.341. The van der Waals surface area contributed by atoms with Gasteiger partial charge in [0.15, 0.2) is 0 Å². The molecule has 1 aromatic carbocycles. The molecule has 3 heteroatoms. The normalized spacial score (nSPS) is 17.2. The Morgan fingerprint density at radius 1 is 1.16 bits per heavy atom. The lowest BCUT2D eigenvalue weighted by Gasteiger charge is -2.36. The van der Waals surface area contributed by atoms with Crippen LogP contribution in [0.25, 0.3) is 0 Å². The Labute approximate surface area is 117 Å². The summed E-state index contributed by atoms with van der Waals surface area (Å²) in [7, 11) is 0. The van der Waals surface area contributed by atoms with Crippen molar-refractivity contribution in [2.24, 2.45) is 0 Å². The fraction of sp³-hybridized carbons (Fsp3) is 0.625. The highest BCUT2D eigenvalue weighted by Crippen LogP contribution is 2.17. The number of aryl methyl sites for hydroxylation is 1. The van der Waals surface area contributed by atoms with Crippen molar-refractivity contribution in [2.45, 2.75) is 26.9 Å². The van der Waals surface area contributed by atoms with Crippen molar-refractivity contribution < 1.29 is 4.74 Å². The molecule has 3 nitrogen and oxygen atoms in total. The van der Waals surface area contributed by atoms with E-state index in [-0.39, 0.29) is 0 Å². The minimum atomic E-state index is 0.341. The first-order valence-electron chi connectivity index (χ1n) is 7.31. The third-order valence-corrected chi connectivity index (χ3v) is 3.60. The molecule has 0 aliphatic carbocycles. The monoisotopic (exact) mass is 262 g/mol. The molecular formula is C16H26N2O. The number of hydrogen-bond acceptors (Lipinski definition) is 3. The van der Waals surface area contributed by atoms with E-state index in [0.717, 1.165) is 39.3 Å². The molecule has 1 saturated heterocycles. The van der Waals surface area contributed by atoms with Gasteiger partial charge in [-0.2, -0.15) is 0 Å². The summed E-state index contributed by atoms with van der Waals surface area (Å²) in [5.74, 6) is 0. The van der Waals surface area contributed by atoms with Gasteiger partial charge in [0.05, 0.1) is 12.7 Å². The van der Waals surface area contributed by atoms with Crippen LogP contribution in [0.5, 0.6) is 0 Å². The highest BCUT2D eigenvalue weighted by atomic mass is 16.5. The quantitative estimate of drug-likeness (QED) is 0.811. The van der Waals surface area contributed by atoms with Gasteiger partial charge in [-0.05, 0) is 38.5 Å². The molecule has 1 heterocycles. The van der Waals surface area contributed by atoms with Crippen molar-refractivity contribution in [1.82, 2.24) is 4.90 Å². The van der Waals surface area contributed by atoms with Crippen molar-refractivity contribution in [3.05, 3.63) is 29.8 Å². The fourth-order valence-electron chi connectivity index (χ4n) is 2.47. The van der Waals surface area contributed by atoms with Gasteiger partial charge in [-0.3, -0.25) is 4.90 Å². The maximum atomic E-state index is 5.62. The van der Waals surface area contributed by atoms with Crippen LogP contribution in [0.15, 0.2) is 24.3 Å². The van der Waals surface area contributed by atoms with Gasteiger partial charge in [-0.15, -0.1) is 0 Å². The summed E-state index contributed by atoms with van der Waals surface area (Å²) in [4.78, 5) is 4.97. The molecule has 0 radical (unpaired) electrons. The molecule has 0 N–H and O–H groups in total. The van der Waals surface area contributed by atoms with Gasteiger partial charge in [0.1, 0.15) is 0 Å². The lowest BCUT2D eigenvalue weighted by atomic mass is 10.2. The lowest BCUT2D eigenvalue weighted by Crippen LogP contribution is -2.47. The van der Waals surface area contributed by atoms with Crippen LogP contribution < -0.4 is 4.90 Å². The Bertz CT molecular complexity index is 384. The zero-order valence-corrected chi connectivity index (χ0v) is 12.4. The van der Waals surface area contributed by atoms with Crippen molar-refractivity contribution in [2.75, 3.05) is 44.2 Å². The largest absolute Gasteiger partial charge is 0.377 e. The molecule has 0 aromatic heterocycles. The van der Waals surface area contributed by atoms with Gasteiger partial charge in [0.25, 0.3) is 0 Å². The van der Waals surface area contributed by atoms with Gasteiger partial charge in [0, 0.05) is 38.4 Å². The first kappa shape index (κ1) is 14.4. The Morgan fingerprint density at radius 2 is 1.89 bits per heavy atom. The molecule has 1 aromatic rings. The summed E-state index contributed by atoms with van der Waals surface area (Å²) in [6.45, 7) is 12.7. The van der Waals surface area contributed by atoms with Crippen molar-refractivity contribution in [3.8, 4) is 0 Å². The molecular weight excluding hydrogens is 236 g/mol. The third kappa shape index (κ3) is 4.51. The second-order valence-corrected chi connectivity index (χ2v) is 5.59. The van der Waals surface area contributed by atoms with E-state index in [1.54, 1.807) is 0 Å². The summed E-state index contributed by atoms with van der Waals surface area (Å²) in [5.41, 5.74) is 2.70. The van der Waals surface area contributed by atoms with Crippen molar-refractivity contribution in [3.63, 3.8) is 0 Å². The van der Waals surface area contributed by atoms with E-state index >= 15 is 0 Å². The number of ether oxygens (including phenoxy) is 1. The molecule has 0 spiro atoms. The highest BCUT2D eigenvalue weighted by molar-refractivity contribution is 5.48. The van der Waals surface area contributed by atoms with Crippen LogP contribution in [-0.4, -0.2) is 50.3 Å². The molecule has 0 unspecified atom stereocenters. The zero-order valence-electron chi connectivity index (χ0n) is 12.4. The number of rotatable bonds is 5. The fourth-order valence-corrected chi connectivity index (χ4v) is 2.47. The number of hydrogen-bond donors (Lipinski definition) is 0. The number of piperazine rings is 1. The predicted octanol–water partition coefficient (Wildman–Crippen LogP) is 2.54. The SMILES string of the molecule is Cc1cccc(N2CCN(CCOC(C)C)CC2)c1. The Kier molecular flexibility index (Phi) is 5.23. The van der Waals surface area contributed by atoms with E-state index in [1.165, 1.54) is 11.3 Å². The molecule has 19 heavy (non-hydrogen) atoms. The average Bonchev–Trinajstić information content (AvgIpc) is 2.39. The van der Waals surface area contributed by atoms with E-state index in [0.29, 0.717) is 6.10 Å². The van der Waals surface area contributed by atoms with Crippen LogP contribution in [-0.2, 0) is 4.74 Å². The summed E-state index contributed by atoms with van der Waals surface area (Å²) < 4.78 is 5.62.